The molecule has 0 unspecified atom stereocenters. The van der Waals surface area contributed by atoms with E-state index in [1.165, 1.54) is 17.0 Å². The van der Waals surface area contributed by atoms with Crippen molar-refractivity contribution in [2.24, 2.45) is 5.73 Å². The van der Waals surface area contributed by atoms with Gasteiger partial charge in [0.05, 0.1) is 4.90 Å². The Morgan fingerprint density at radius 1 is 0.913 bits per heavy atom. The molecule has 0 fully saturated rings. The summed E-state index contributed by atoms with van der Waals surface area (Å²) in [5, 5.41) is 1.20. The molecule has 2 aromatic carbocycles. The second-order valence-electron chi connectivity index (χ2n) is 5.26. The molecule has 23 heavy (non-hydrogen) atoms. The molecule has 3 nitrogen and oxygen atoms in total. The zero-order valence-electron chi connectivity index (χ0n) is 12.9. The average Bonchev–Trinajstić information content (AvgIpc) is 2.59. The maximum atomic E-state index is 12.0. The third-order valence-electron chi connectivity index (χ3n) is 3.41. The highest BCUT2D eigenvalue weighted by atomic mass is 32.2. The summed E-state index contributed by atoms with van der Waals surface area (Å²) in [7, 11) is -3.39. The highest BCUT2D eigenvalue weighted by molar-refractivity contribution is 7.94. The highest BCUT2D eigenvalue weighted by Gasteiger charge is 2.07. The lowest BCUT2D eigenvalue weighted by molar-refractivity contribution is 0.604. The monoisotopic (exact) mass is 327 g/mol. The molecule has 0 bridgehead atoms. The van der Waals surface area contributed by atoms with Crippen molar-refractivity contribution in [3.63, 3.8) is 0 Å². The van der Waals surface area contributed by atoms with Crippen LogP contribution in [-0.4, -0.2) is 14.5 Å². The van der Waals surface area contributed by atoms with Gasteiger partial charge in [-0.3, -0.25) is 0 Å². The fraction of sp³-hybridized carbons (Fsp3) is 0.158. The number of hydrogen-bond donors (Lipinski definition) is 1. The van der Waals surface area contributed by atoms with Crippen molar-refractivity contribution < 1.29 is 8.42 Å². The second kappa shape index (κ2) is 8.46. The maximum absolute atomic E-state index is 12.0. The van der Waals surface area contributed by atoms with E-state index in [0.29, 0.717) is 0 Å². The van der Waals surface area contributed by atoms with Crippen LogP contribution >= 0.6 is 0 Å². The van der Waals surface area contributed by atoms with Gasteiger partial charge in [-0.1, -0.05) is 66.8 Å². The van der Waals surface area contributed by atoms with E-state index in [1.54, 1.807) is 36.4 Å². The van der Waals surface area contributed by atoms with Crippen LogP contribution in [0.15, 0.2) is 89.2 Å². The normalized spacial score (nSPS) is 13.6. The lowest BCUT2D eigenvalue weighted by Gasteiger charge is -2.05. The van der Waals surface area contributed by atoms with Gasteiger partial charge in [0.2, 0.25) is 0 Å². The Morgan fingerprint density at radius 2 is 1.52 bits per heavy atom. The molecule has 0 spiro atoms. The van der Waals surface area contributed by atoms with Gasteiger partial charge in [0, 0.05) is 11.4 Å². The molecule has 2 N–H and O–H groups in total. The molecule has 0 saturated heterocycles. The van der Waals surface area contributed by atoms with Crippen molar-refractivity contribution >= 4 is 9.84 Å². The van der Waals surface area contributed by atoms with Crippen molar-refractivity contribution in [1.82, 2.24) is 0 Å². The average molecular weight is 327 g/mol. The molecule has 0 aromatic heterocycles. The Hall–Kier alpha value is -2.17. The van der Waals surface area contributed by atoms with E-state index in [9.17, 15) is 8.42 Å². The molecule has 0 heterocycles. The fourth-order valence-electron chi connectivity index (χ4n) is 2.12. The van der Waals surface area contributed by atoms with Gasteiger partial charge in [-0.15, -0.1) is 0 Å². The Bertz CT molecular complexity index is 750. The molecule has 0 aliphatic carbocycles. The quantitative estimate of drug-likeness (QED) is 0.792. The van der Waals surface area contributed by atoms with Gasteiger partial charge in [0.25, 0.3) is 0 Å². The first kappa shape index (κ1) is 17.2. The standard InChI is InChI=1S/C19H21NO2S/c20-18(15-14-17-9-3-1-4-10-17)11-7-8-16-23(21,22)19-12-5-2-6-13-19/h1-13,16,18H,14-15,20H2/b11-7+,16-8+/t18-/m1/s1. The number of allylic oxidation sites excluding steroid dienone is 2. The van der Waals surface area contributed by atoms with E-state index >= 15 is 0 Å². The summed E-state index contributed by atoms with van der Waals surface area (Å²) >= 11 is 0. The van der Waals surface area contributed by atoms with E-state index in [-0.39, 0.29) is 10.9 Å². The van der Waals surface area contributed by atoms with Gasteiger partial charge in [-0.05, 0) is 30.5 Å². The van der Waals surface area contributed by atoms with Crippen LogP contribution in [0, 0.1) is 0 Å². The van der Waals surface area contributed by atoms with Crippen molar-refractivity contribution in [3.8, 4) is 0 Å². The van der Waals surface area contributed by atoms with Gasteiger partial charge in [-0.2, -0.15) is 0 Å². The van der Waals surface area contributed by atoms with Crippen molar-refractivity contribution in [1.29, 1.82) is 0 Å². The minimum absolute atomic E-state index is 0.0979. The summed E-state index contributed by atoms with van der Waals surface area (Å²) in [5.41, 5.74) is 7.26. The molecule has 2 aromatic rings. The number of hydrogen-bond acceptors (Lipinski definition) is 3. The van der Waals surface area contributed by atoms with Crippen LogP contribution in [0.3, 0.4) is 0 Å². The first-order chi connectivity index (χ1) is 11.1. The van der Waals surface area contributed by atoms with Crippen LogP contribution in [0.2, 0.25) is 0 Å². The molecule has 2 rings (SSSR count). The first-order valence-electron chi connectivity index (χ1n) is 7.52. The van der Waals surface area contributed by atoms with Crippen LogP contribution in [0.4, 0.5) is 0 Å². The van der Waals surface area contributed by atoms with Crippen molar-refractivity contribution in [2.45, 2.75) is 23.8 Å². The summed E-state index contributed by atoms with van der Waals surface area (Å²) < 4.78 is 24.1. The predicted octanol–water partition coefficient (Wildman–Crippen LogP) is 3.49. The Labute approximate surface area is 138 Å². The van der Waals surface area contributed by atoms with Crippen LogP contribution in [0.1, 0.15) is 12.0 Å². The molecule has 0 radical (unpaired) electrons. The summed E-state index contributed by atoms with van der Waals surface area (Å²) in [6, 6.07) is 18.4. The van der Waals surface area contributed by atoms with Crippen LogP contribution < -0.4 is 5.73 Å². The minimum Gasteiger partial charge on any atom is -0.324 e. The molecule has 0 amide bonds. The van der Waals surface area contributed by atoms with Gasteiger partial charge in [0.1, 0.15) is 0 Å². The van der Waals surface area contributed by atoms with Gasteiger partial charge in [-0.25, -0.2) is 8.42 Å². The summed E-state index contributed by atoms with van der Waals surface area (Å²) in [4.78, 5) is 0.290. The van der Waals surface area contributed by atoms with E-state index < -0.39 is 9.84 Å². The van der Waals surface area contributed by atoms with Gasteiger partial charge in [0.15, 0.2) is 9.84 Å². The van der Waals surface area contributed by atoms with E-state index in [0.717, 1.165) is 12.8 Å². The van der Waals surface area contributed by atoms with Gasteiger partial charge >= 0.3 is 0 Å². The molecule has 0 aliphatic heterocycles. The minimum atomic E-state index is -3.39. The van der Waals surface area contributed by atoms with Crippen LogP contribution in [0.5, 0.6) is 0 Å². The Kier molecular flexibility index (Phi) is 6.32. The van der Waals surface area contributed by atoms with E-state index in [2.05, 4.69) is 12.1 Å². The highest BCUT2D eigenvalue weighted by Crippen LogP contribution is 2.11. The van der Waals surface area contributed by atoms with E-state index in [1.807, 2.05) is 24.3 Å². The Balaban J connectivity index is 1.86. The van der Waals surface area contributed by atoms with Crippen molar-refractivity contribution in [3.05, 3.63) is 89.9 Å². The molecule has 0 saturated carbocycles. The lowest BCUT2D eigenvalue weighted by Crippen LogP contribution is -2.17. The first-order valence-corrected chi connectivity index (χ1v) is 9.07. The van der Waals surface area contributed by atoms with Gasteiger partial charge < -0.3 is 5.73 Å². The predicted molar refractivity (Wildman–Crippen MR) is 94.6 cm³/mol. The summed E-state index contributed by atoms with van der Waals surface area (Å²) in [6.45, 7) is 0. The number of rotatable bonds is 7. The third kappa shape index (κ3) is 5.85. The van der Waals surface area contributed by atoms with Crippen LogP contribution in [-0.2, 0) is 16.3 Å². The maximum Gasteiger partial charge on any atom is 0.199 e. The fourth-order valence-corrected chi connectivity index (χ4v) is 3.11. The largest absolute Gasteiger partial charge is 0.324 e. The Morgan fingerprint density at radius 3 is 2.17 bits per heavy atom. The molecular weight excluding hydrogens is 306 g/mol. The SMILES string of the molecule is N[C@H](/C=C/C=C/S(=O)(=O)c1ccccc1)CCc1ccccc1. The zero-order chi connectivity index (χ0) is 16.5. The topological polar surface area (TPSA) is 60.2 Å². The molecular formula is C19H21NO2S. The van der Waals surface area contributed by atoms with Crippen LogP contribution in [0.25, 0.3) is 0 Å². The smallest absolute Gasteiger partial charge is 0.199 e. The summed E-state index contributed by atoms with van der Waals surface area (Å²) in [5.74, 6) is 0. The van der Waals surface area contributed by atoms with Crippen molar-refractivity contribution in [2.75, 3.05) is 0 Å². The molecule has 1 atom stereocenters. The second-order valence-corrected chi connectivity index (χ2v) is 7.09. The van der Waals surface area contributed by atoms with E-state index in [4.69, 9.17) is 5.73 Å². The summed E-state index contributed by atoms with van der Waals surface area (Å²) in [6.07, 6.45) is 6.75. The third-order valence-corrected chi connectivity index (χ3v) is 4.85. The molecule has 4 heteroatoms. The molecule has 120 valence electrons. The lowest BCUT2D eigenvalue weighted by atomic mass is 10.1. The number of benzene rings is 2. The zero-order valence-corrected chi connectivity index (χ0v) is 13.7. The molecule has 0 aliphatic rings. The number of nitrogens with two attached hydrogens (primary N) is 1. The number of aryl methyl sites for hydroxylation is 1. The number of sulfone groups is 1.